The van der Waals surface area contributed by atoms with Gasteiger partial charge in [-0.2, -0.15) is 0 Å². The second-order valence-corrected chi connectivity index (χ2v) is 8.16. The number of benzene rings is 1. The number of carbonyl (C=O) groups is 1. The Balaban J connectivity index is 1.60. The first-order valence-electron chi connectivity index (χ1n) is 9.26. The number of carbonyl (C=O) groups excluding carboxylic acids is 1. The van der Waals surface area contributed by atoms with Crippen molar-refractivity contribution >= 4 is 17.2 Å². The zero-order chi connectivity index (χ0) is 17.6. The molecule has 1 aromatic heterocycles. The fourth-order valence-corrected chi connectivity index (χ4v) is 4.55. The van der Waals surface area contributed by atoms with Crippen LogP contribution in [0, 0.1) is 11.8 Å². The van der Waals surface area contributed by atoms with E-state index in [9.17, 15) is 4.79 Å². The second kappa shape index (κ2) is 8.63. The van der Waals surface area contributed by atoms with Gasteiger partial charge in [0.1, 0.15) is 0 Å². The Kier molecular flexibility index (Phi) is 6.27. The largest absolute Gasteiger partial charge is 0.352 e. The SMILES string of the molecule is C[C@@H]1[C@H](C)CCC[C@H]1NC(=O)CN[C@@H](c1ccccc1)c1cccs1. The highest BCUT2D eigenvalue weighted by Crippen LogP contribution is 2.29. The molecule has 0 bridgehead atoms. The van der Waals surface area contributed by atoms with Gasteiger partial charge in [-0.3, -0.25) is 10.1 Å². The molecule has 1 heterocycles. The van der Waals surface area contributed by atoms with E-state index in [1.165, 1.54) is 23.3 Å². The minimum absolute atomic E-state index is 0.0645. The highest BCUT2D eigenvalue weighted by atomic mass is 32.1. The first kappa shape index (κ1) is 18.2. The molecule has 1 fully saturated rings. The summed E-state index contributed by atoms with van der Waals surface area (Å²) < 4.78 is 0. The number of hydrogen-bond donors (Lipinski definition) is 2. The molecule has 25 heavy (non-hydrogen) atoms. The van der Waals surface area contributed by atoms with Crippen molar-refractivity contribution in [1.82, 2.24) is 10.6 Å². The van der Waals surface area contributed by atoms with E-state index in [1.807, 2.05) is 18.2 Å². The van der Waals surface area contributed by atoms with Gasteiger partial charge in [0, 0.05) is 10.9 Å². The summed E-state index contributed by atoms with van der Waals surface area (Å²) in [5, 5.41) is 8.79. The summed E-state index contributed by atoms with van der Waals surface area (Å²) >= 11 is 1.72. The van der Waals surface area contributed by atoms with E-state index in [2.05, 4.69) is 54.1 Å². The van der Waals surface area contributed by atoms with Crippen LogP contribution in [-0.2, 0) is 4.79 Å². The molecule has 2 N–H and O–H groups in total. The van der Waals surface area contributed by atoms with E-state index in [-0.39, 0.29) is 11.9 Å². The Bertz CT molecular complexity index is 656. The summed E-state index contributed by atoms with van der Waals surface area (Å²) in [6, 6.07) is 14.9. The van der Waals surface area contributed by atoms with Crippen molar-refractivity contribution in [3.05, 3.63) is 58.3 Å². The van der Waals surface area contributed by atoms with Crippen LogP contribution in [0.1, 0.15) is 49.6 Å². The van der Waals surface area contributed by atoms with Gasteiger partial charge in [0.05, 0.1) is 12.6 Å². The molecule has 0 aliphatic heterocycles. The quantitative estimate of drug-likeness (QED) is 0.807. The number of amides is 1. The molecule has 0 spiro atoms. The summed E-state index contributed by atoms with van der Waals surface area (Å²) in [5.41, 5.74) is 1.19. The van der Waals surface area contributed by atoms with Crippen LogP contribution in [0.2, 0.25) is 0 Å². The number of thiophene rings is 1. The average Bonchev–Trinajstić information content (AvgIpc) is 3.14. The Morgan fingerprint density at radius 3 is 2.68 bits per heavy atom. The standard InChI is InChI=1S/C21H28N2OS/c1-15-8-6-11-18(16(15)2)23-20(24)14-22-21(19-12-7-13-25-19)17-9-4-3-5-10-17/h3-5,7,9-10,12-13,15-16,18,21-22H,6,8,11,14H2,1-2H3,(H,23,24)/t15-,16-,18-,21+/m1/s1. The minimum Gasteiger partial charge on any atom is -0.352 e. The highest BCUT2D eigenvalue weighted by molar-refractivity contribution is 7.10. The fourth-order valence-electron chi connectivity index (χ4n) is 3.72. The van der Waals surface area contributed by atoms with Gasteiger partial charge in [-0.05, 0) is 35.3 Å². The summed E-state index contributed by atoms with van der Waals surface area (Å²) in [5.74, 6) is 1.35. The van der Waals surface area contributed by atoms with Crippen LogP contribution in [0.15, 0.2) is 47.8 Å². The molecule has 0 radical (unpaired) electrons. The van der Waals surface area contributed by atoms with Crippen molar-refractivity contribution in [3.8, 4) is 0 Å². The predicted molar refractivity (Wildman–Crippen MR) is 105 cm³/mol. The third-order valence-electron chi connectivity index (χ3n) is 5.48. The van der Waals surface area contributed by atoms with E-state index in [1.54, 1.807) is 11.3 Å². The van der Waals surface area contributed by atoms with E-state index in [0.717, 1.165) is 6.42 Å². The van der Waals surface area contributed by atoms with Gasteiger partial charge >= 0.3 is 0 Å². The van der Waals surface area contributed by atoms with Gasteiger partial charge < -0.3 is 5.32 Å². The first-order chi connectivity index (χ1) is 12.1. The molecule has 0 unspecified atom stereocenters. The lowest BCUT2D eigenvalue weighted by atomic mass is 9.78. The molecule has 4 atom stereocenters. The molecule has 0 saturated heterocycles. The zero-order valence-corrected chi connectivity index (χ0v) is 15.9. The van der Waals surface area contributed by atoms with Crippen LogP contribution in [0.25, 0.3) is 0 Å². The molecule has 1 saturated carbocycles. The molecule has 2 aromatic rings. The molecular weight excluding hydrogens is 328 g/mol. The van der Waals surface area contributed by atoms with E-state index in [0.29, 0.717) is 24.4 Å². The maximum Gasteiger partial charge on any atom is 0.234 e. The fraction of sp³-hybridized carbons (Fsp3) is 0.476. The normalized spacial score (nSPS) is 24.6. The average molecular weight is 357 g/mol. The van der Waals surface area contributed by atoms with Crippen LogP contribution >= 0.6 is 11.3 Å². The topological polar surface area (TPSA) is 41.1 Å². The maximum atomic E-state index is 12.5. The lowest BCUT2D eigenvalue weighted by molar-refractivity contribution is -0.121. The minimum atomic E-state index is 0.0645. The molecular formula is C21H28N2OS. The molecule has 1 aromatic carbocycles. The maximum absolute atomic E-state index is 12.5. The van der Waals surface area contributed by atoms with Crippen LogP contribution in [-0.4, -0.2) is 18.5 Å². The molecule has 1 amide bonds. The number of hydrogen-bond acceptors (Lipinski definition) is 3. The van der Waals surface area contributed by atoms with Gasteiger partial charge in [0.25, 0.3) is 0 Å². The third kappa shape index (κ3) is 4.71. The van der Waals surface area contributed by atoms with Crippen LogP contribution < -0.4 is 10.6 Å². The van der Waals surface area contributed by atoms with Gasteiger partial charge in [-0.15, -0.1) is 11.3 Å². The van der Waals surface area contributed by atoms with Crippen molar-refractivity contribution in [2.75, 3.05) is 6.54 Å². The van der Waals surface area contributed by atoms with E-state index >= 15 is 0 Å². The molecule has 134 valence electrons. The monoisotopic (exact) mass is 356 g/mol. The molecule has 1 aliphatic carbocycles. The number of rotatable bonds is 6. The van der Waals surface area contributed by atoms with Crippen molar-refractivity contribution in [2.24, 2.45) is 11.8 Å². The highest BCUT2D eigenvalue weighted by Gasteiger charge is 2.28. The molecule has 3 nitrogen and oxygen atoms in total. The van der Waals surface area contributed by atoms with E-state index in [4.69, 9.17) is 0 Å². The van der Waals surface area contributed by atoms with Crippen molar-refractivity contribution in [1.29, 1.82) is 0 Å². The Hall–Kier alpha value is -1.65. The van der Waals surface area contributed by atoms with Gasteiger partial charge in [0.15, 0.2) is 0 Å². The van der Waals surface area contributed by atoms with Crippen LogP contribution in [0.4, 0.5) is 0 Å². The summed E-state index contributed by atoms with van der Waals surface area (Å²) in [6.07, 6.45) is 3.59. The van der Waals surface area contributed by atoms with E-state index < -0.39 is 0 Å². The predicted octanol–water partition coefficient (Wildman–Crippen LogP) is 4.37. The summed E-state index contributed by atoms with van der Waals surface area (Å²) in [7, 11) is 0. The Labute approximate surface area is 154 Å². The van der Waals surface area contributed by atoms with Crippen molar-refractivity contribution < 1.29 is 4.79 Å². The smallest absolute Gasteiger partial charge is 0.234 e. The molecule has 4 heteroatoms. The molecule has 3 rings (SSSR count). The number of nitrogens with one attached hydrogen (secondary N) is 2. The van der Waals surface area contributed by atoms with Gasteiger partial charge in [-0.25, -0.2) is 0 Å². The van der Waals surface area contributed by atoms with Crippen LogP contribution in [0.5, 0.6) is 0 Å². The summed E-state index contributed by atoms with van der Waals surface area (Å²) in [6.45, 7) is 4.90. The van der Waals surface area contributed by atoms with Gasteiger partial charge in [-0.1, -0.05) is 63.1 Å². The molecule has 1 aliphatic rings. The lowest BCUT2D eigenvalue weighted by Gasteiger charge is -2.34. The summed E-state index contributed by atoms with van der Waals surface area (Å²) in [4.78, 5) is 13.7. The Morgan fingerprint density at radius 2 is 1.96 bits per heavy atom. The van der Waals surface area contributed by atoms with Crippen molar-refractivity contribution in [2.45, 2.75) is 45.2 Å². The lowest BCUT2D eigenvalue weighted by Crippen LogP contribution is -2.47. The second-order valence-electron chi connectivity index (χ2n) is 7.18. The van der Waals surface area contributed by atoms with Gasteiger partial charge in [0.2, 0.25) is 5.91 Å². The third-order valence-corrected chi connectivity index (χ3v) is 6.42. The van der Waals surface area contributed by atoms with Crippen molar-refractivity contribution in [3.63, 3.8) is 0 Å². The zero-order valence-electron chi connectivity index (χ0n) is 15.1. The first-order valence-corrected chi connectivity index (χ1v) is 10.1. The van der Waals surface area contributed by atoms with Crippen LogP contribution in [0.3, 0.4) is 0 Å². The Morgan fingerprint density at radius 1 is 1.16 bits per heavy atom.